The molecular weight excluding hydrogens is 262 g/mol. The van der Waals surface area contributed by atoms with Crippen molar-refractivity contribution in [3.8, 4) is 0 Å². The van der Waals surface area contributed by atoms with E-state index in [2.05, 4.69) is 18.7 Å². The zero-order valence-electron chi connectivity index (χ0n) is 14.4. The van der Waals surface area contributed by atoms with Gasteiger partial charge in [-0.25, -0.2) is 0 Å². The van der Waals surface area contributed by atoms with Gasteiger partial charge in [0, 0.05) is 13.1 Å². The first kappa shape index (κ1) is 18.9. The Morgan fingerprint density at radius 2 is 1.48 bits per heavy atom. The number of morpholine rings is 1. The van der Waals surface area contributed by atoms with Gasteiger partial charge in [0.1, 0.15) is 0 Å². The molecule has 0 aromatic carbocycles. The molecule has 0 spiro atoms. The number of ether oxygens (including phenoxy) is 1. The Kier molecular flexibility index (Phi) is 11.2. The average molecular weight is 299 g/mol. The van der Waals surface area contributed by atoms with E-state index in [1.165, 1.54) is 70.8 Å². The highest BCUT2D eigenvalue weighted by molar-refractivity contribution is 4.75. The zero-order valence-corrected chi connectivity index (χ0v) is 14.4. The van der Waals surface area contributed by atoms with E-state index in [1.807, 2.05) is 0 Å². The summed E-state index contributed by atoms with van der Waals surface area (Å²) in [6.45, 7) is 7.62. The molecule has 0 aromatic rings. The van der Waals surface area contributed by atoms with Gasteiger partial charge in [0.15, 0.2) is 0 Å². The van der Waals surface area contributed by atoms with Gasteiger partial charge >= 0.3 is 0 Å². The molecule has 0 saturated carbocycles. The zero-order chi connectivity index (χ0) is 15.3. The molecule has 1 fully saturated rings. The second-order valence-corrected chi connectivity index (χ2v) is 6.69. The average Bonchev–Trinajstić information content (AvgIpc) is 2.48. The lowest BCUT2D eigenvalue weighted by atomic mass is 10.1. The van der Waals surface area contributed by atoms with E-state index in [9.17, 15) is 5.11 Å². The van der Waals surface area contributed by atoms with Crippen LogP contribution in [0.3, 0.4) is 0 Å². The van der Waals surface area contributed by atoms with Gasteiger partial charge in [-0.15, -0.1) is 0 Å². The Balaban J connectivity index is 1.89. The predicted octanol–water partition coefficient (Wildman–Crippen LogP) is 3.99. The maximum Gasteiger partial charge on any atom is 0.0936 e. The van der Waals surface area contributed by atoms with Crippen LogP contribution in [0.2, 0.25) is 0 Å². The number of nitrogens with zero attached hydrogens (tertiary/aromatic N) is 1. The summed E-state index contributed by atoms with van der Waals surface area (Å²) >= 11 is 0. The van der Waals surface area contributed by atoms with Crippen LogP contribution in [0.15, 0.2) is 0 Å². The molecule has 3 nitrogen and oxygen atoms in total. The molecule has 1 aliphatic rings. The van der Waals surface area contributed by atoms with Crippen LogP contribution in [-0.2, 0) is 4.74 Å². The number of rotatable bonds is 12. The van der Waals surface area contributed by atoms with Crippen LogP contribution in [0.1, 0.15) is 78.1 Å². The van der Waals surface area contributed by atoms with Gasteiger partial charge in [-0.05, 0) is 19.9 Å². The molecule has 1 heterocycles. The smallest absolute Gasteiger partial charge is 0.0936 e. The fourth-order valence-electron chi connectivity index (χ4n) is 3.25. The molecule has 126 valence electrons. The lowest BCUT2D eigenvalue weighted by Gasteiger charge is -2.36. The molecule has 0 amide bonds. The van der Waals surface area contributed by atoms with Crippen LogP contribution in [0.4, 0.5) is 0 Å². The summed E-state index contributed by atoms with van der Waals surface area (Å²) in [5.41, 5.74) is 0. The SMILES string of the molecule is CCCCCCCCCCCCN1CC(C)OC(CO)C1. The first-order valence-corrected chi connectivity index (χ1v) is 9.25. The summed E-state index contributed by atoms with van der Waals surface area (Å²) in [5.74, 6) is 0. The van der Waals surface area contributed by atoms with Gasteiger partial charge in [0.05, 0.1) is 18.8 Å². The Labute approximate surface area is 132 Å². The summed E-state index contributed by atoms with van der Waals surface area (Å²) in [6, 6.07) is 0. The third kappa shape index (κ3) is 9.49. The molecule has 21 heavy (non-hydrogen) atoms. The number of unbranched alkanes of at least 4 members (excludes halogenated alkanes) is 9. The Morgan fingerprint density at radius 3 is 2.05 bits per heavy atom. The minimum atomic E-state index is 0.0249. The van der Waals surface area contributed by atoms with Crippen LogP contribution < -0.4 is 0 Å². The number of aliphatic hydroxyl groups is 1. The van der Waals surface area contributed by atoms with Crippen molar-refractivity contribution in [2.45, 2.75) is 90.3 Å². The van der Waals surface area contributed by atoms with Crippen molar-refractivity contribution >= 4 is 0 Å². The molecule has 1 aliphatic heterocycles. The van der Waals surface area contributed by atoms with Crippen LogP contribution >= 0.6 is 0 Å². The van der Waals surface area contributed by atoms with Crippen molar-refractivity contribution in [3.05, 3.63) is 0 Å². The van der Waals surface area contributed by atoms with Gasteiger partial charge in [0.25, 0.3) is 0 Å². The largest absolute Gasteiger partial charge is 0.394 e. The molecule has 0 aliphatic carbocycles. The third-order valence-electron chi connectivity index (χ3n) is 4.43. The van der Waals surface area contributed by atoms with Gasteiger partial charge in [-0.2, -0.15) is 0 Å². The summed E-state index contributed by atoms with van der Waals surface area (Å²) in [6.07, 6.45) is 14.2. The Bertz CT molecular complexity index is 235. The number of hydrogen-bond acceptors (Lipinski definition) is 3. The lowest BCUT2D eigenvalue weighted by molar-refractivity contribution is -0.0952. The molecular formula is C18H37NO2. The van der Waals surface area contributed by atoms with E-state index in [0.717, 1.165) is 13.1 Å². The molecule has 2 unspecified atom stereocenters. The van der Waals surface area contributed by atoms with Crippen molar-refractivity contribution in [1.29, 1.82) is 0 Å². The molecule has 1 rings (SSSR count). The van der Waals surface area contributed by atoms with Crippen molar-refractivity contribution < 1.29 is 9.84 Å². The Hall–Kier alpha value is -0.120. The van der Waals surface area contributed by atoms with Crippen molar-refractivity contribution in [2.75, 3.05) is 26.2 Å². The van der Waals surface area contributed by atoms with E-state index in [4.69, 9.17) is 4.74 Å². The van der Waals surface area contributed by atoms with Crippen LogP contribution in [0.25, 0.3) is 0 Å². The van der Waals surface area contributed by atoms with Crippen LogP contribution in [0.5, 0.6) is 0 Å². The van der Waals surface area contributed by atoms with Gasteiger partial charge in [-0.3, -0.25) is 4.90 Å². The standard InChI is InChI=1S/C18H37NO2/c1-3-4-5-6-7-8-9-10-11-12-13-19-14-17(2)21-18(15-19)16-20/h17-18,20H,3-16H2,1-2H3. The van der Waals surface area contributed by atoms with Crippen LogP contribution in [-0.4, -0.2) is 48.5 Å². The lowest BCUT2D eigenvalue weighted by Crippen LogP contribution is -2.48. The van der Waals surface area contributed by atoms with E-state index < -0.39 is 0 Å². The van der Waals surface area contributed by atoms with E-state index in [-0.39, 0.29) is 18.8 Å². The monoisotopic (exact) mass is 299 g/mol. The first-order chi connectivity index (χ1) is 10.3. The molecule has 0 radical (unpaired) electrons. The molecule has 1 saturated heterocycles. The summed E-state index contributed by atoms with van der Waals surface area (Å²) < 4.78 is 5.67. The summed E-state index contributed by atoms with van der Waals surface area (Å²) in [5, 5.41) is 9.22. The van der Waals surface area contributed by atoms with Crippen molar-refractivity contribution in [2.24, 2.45) is 0 Å². The first-order valence-electron chi connectivity index (χ1n) is 9.25. The highest BCUT2D eigenvalue weighted by atomic mass is 16.5. The number of hydrogen-bond donors (Lipinski definition) is 1. The predicted molar refractivity (Wildman–Crippen MR) is 89.7 cm³/mol. The Morgan fingerprint density at radius 1 is 0.905 bits per heavy atom. The van der Waals surface area contributed by atoms with Gasteiger partial charge in [0.2, 0.25) is 0 Å². The molecule has 3 heteroatoms. The minimum absolute atomic E-state index is 0.0249. The minimum Gasteiger partial charge on any atom is -0.394 e. The summed E-state index contributed by atoms with van der Waals surface area (Å²) in [4.78, 5) is 2.46. The summed E-state index contributed by atoms with van der Waals surface area (Å²) in [7, 11) is 0. The van der Waals surface area contributed by atoms with E-state index in [1.54, 1.807) is 0 Å². The fraction of sp³-hybridized carbons (Fsp3) is 1.00. The second-order valence-electron chi connectivity index (χ2n) is 6.69. The van der Waals surface area contributed by atoms with E-state index >= 15 is 0 Å². The normalized spacial score (nSPS) is 23.6. The van der Waals surface area contributed by atoms with Crippen LogP contribution in [0, 0.1) is 0 Å². The number of aliphatic hydroxyl groups excluding tert-OH is 1. The maximum atomic E-state index is 9.22. The topological polar surface area (TPSA) is 32.7 Å². The maximum absolute atomic E-state index is 9.22. The molecule has 1 N–H and O–H groups in total. The quantitative estimate of drug-likeness (QED) is 0.553. The second kappa shape index (κ2) is 12.4. The highest BCUT2D eigenvalue weighted by Gasteiger charge is 2.23. The highest BCUT2D eigenvalue weighted by Crippen LogP contribution is 2.13. The van der Waals surface area contributed by atoms with E-state index in [0.29, 0.717) is 0 Å². The molecule has 0 bridgehead atoms. The van der Waals surface area contributed by atoms with Gasteiger partial charge < -0.3 is 9.84 Å². The third-order valence-corrected chi connectivity index (χ3v) is 4.43. The molecule has 0 aromatic heterocycles. The molecule has 2 atom stereocenters. The fourth-order valence-corrected chi connectivity index (χ4v) is 3.25. The van der Waals surface area contributed by atoms with Gasteiger partial charge in [-0.1, -0.05) is 64.7 Å². The van der Waals surface area contributed by atoms with Crippen molar-refractivity contribution in [1.82, 2.24) is 4.90 Å². The van der Waals surface area contributed by atoms with Crippen molar-refractivity contribution in [3.63, 3.8) is 0 Å².